The van der Waals surface area contributed by atoms with E-state index in [0.717, 1.165) is 0 Å². The molecule has 0 aromatic heterocycles. The number of imide groups is 1. The van der Waals surface area contributed by atoms with Gasteiger partial charge < -0.3 is 4.84 Å². The summed E-state index contributed by atoms with van der Waals surface area (Å²) in [5, 5.41) is 0.993. The second-order valence-electron chi connectivity index (χ2n) is 2.48. The molecule has 0 N–H and O–H groups in total. The third-order valence-corrected chi connectivity index (χ3v) is 1.89. The summed E-state index contributed by atoms with van der Waals surface area (Å²) in [6.45, 7) is 0. The molecule has 0 radical (unpaired) electrons. The molecule has 1 aliphatic rings. The number of hydroxylamine groups is 2. The number of carbonyl (C=O) groups is 3. The third kappa shape index (κ3) is 2.51. The molecule has 1 aliphatic heterocycles. The second kappa shape index (κ2) is 4.36. The van der Waals surface area contributed by atoms with Crippen molar-refractivity contribution in [3.63, 3.8) is 0 Å². The molecule has 0 spiro atoms. The highest BCUT2D eigenvalue weighted by atomic mass is 79.9. The van der Waals surface area contributed by atoms with Gasteiger partial charge in [-0.05, 0) is 0 Å². The van der Waals surface area contributed by atoms with E-state index >= 15 is 0 Å². The molecular formula is C7H8BrNO4. The molecule has 6 heteroatoms. The summed E-state index contributed by atoms with van der Waals surface area (Å²) >= 11 is 3.04. The van der Waals surface area contributed by atoms with Gasteiger partial charge in [-0.25, -0.2) is 4.79 Å². The smallest absolute Gasteiger partial charge is 0.330 e. The van der Waals surface area contributed by atoms with Crippen LogP contribution in [0.25, 0.3) is 0 Å². The van der Waals surface area contributed by atoms with Crippen LogP contribution in [0.4, 0.5) is 0 Å². The van der Waals surface area contributed by atoms with Crippen molar-refractivity contribution in [1.82, 2.24) is 5.06 Å². The second-order valence-corrected chi connectivity index (χ2v) is 3.28. The van der Waals surface area contributed by atoms with Crippen molar-refractivity contribution in [2.24, 2.45) is 0 Å². The van der Waals surface area contributed by atoms with Crippen LogP contribution in [0.2, 0.25) is 0 Å². The lowest BCUT2D eigenvalue weighted by atomic mass is 10.4. The fourth-order valence-corrected chi connectivity index (χ4v) is 1.21. The molecule has 0 saturated carbocycles. The quantitative estimate of drug-likeness (QED) is 0.536. The lowest BCUT2D eigenvalue weighted by molar-refractivity contribution is -0.197. The molecule has 1 fully saturated rings. The van der Waals surface area contributed by atoms with Gasteiger partial charge in [0, 0.05) is 18.2 Å². The summed E-state index contributed by atoms with van der Waals surface area (Å²) in [5.41, 5.74) is 0. The Kier molecular flexibility index (Phi) is 3.41. The van der Waals surface area contributed by atoms with Crippen molar-refractivity contribution in [2.75, 3.05) is 5.33 Å². The first-order valence-electron chi connectivity index (χ1n) is 3.77. The number of hydrogen-bond acceptors (Lipinski definition) is 4. The Morgan fingerprint density at radius 2 is 1.92 bits per heavy atom. The van der Waals surface area contributed by atoms with Gasteiger partial charge in [-0.2, -0.15) is 0 Å². The van der Waals surface area contributed by atoms with Crippen LogP contribution in [0.1, 0.15) is 19.3 Å². The van der Waals surface area contributed by atoms with Crippen LogP contribution in [0.15, 0.2) is 0 Å². The zero-order chi connectivity index (χ0) is 9.84. The van der Waals surface area contributed by atoms with Crippen molar-refractivity contribution in [1.29, 1.82) is 0 Å². The summed E-state index contributed by atoms with van der Waals surface area (Å²) in [6.07, 6.45) is 0.387. The number of nitrogens with zero attached hydrogens (tertiary/aromatic N) is 1. The van der Waals surface area contributed by atoms with E-state index < -0.39 is 17.8 Å². The lowest BCUT2D eigenvalue weighted by Crippen LogP contribution is -2.32. The van der Waals surface area contributed by atoms with Crippen LogP contribution in [-0.4, -0.2) is 28.2 Å². The van der Waals surface area contributed by atoms with E-state index in [2.05, 4.69) is 20.8 Å². The van der Waals surface area contributed by atoms with Crippen LogP contribution >= 0.6 is 15.9 Å². The minimum absolute atomic E-state index is 0.125. The van der Waals surface area contributed by atoms with E-state index in [1.165, 1.54) is 0 Å². The number of halogens is 1. The van der Waals surface area contributed by atoms with Crippen molar-refractivity contribution < 1.29 is 19.2 Å². The fourth-order valence-electron chi connectivity index (χ4n) is 0.882. The standard InChI is InChI=1S/C7H8BrNO4/c8-4-3-7(12)13-9-5(10)1-2-6(9)11/h1-4H2. The summed E-state index contributed by atoms with van der Waals surface area (Å²) < 4.78 is 0. The maximum Gasteiger partial charge on any atom is 0.334 e. The Balaban J connectivity index is 2.48. The minimum Gasteiger partial charge on any atom is -0.330 e. The molecule has 0 aliphatic carbocycles. The van der Waals surface area contributed by atoms with E-state index in [0.29, 0.717) is 10.4 Å². The van der Waals surface area contributed by atoms with Gasteiger partial charge in [0.15, 0.2) is 0 Å². The largest absolute Gasteiger partial charge is 0.334 e. The number of carbonyl (C=O) groups excluding carboxylic acids is 3. The highest BCUT2D eigenvalue weighted by Gasteiger charge is 2.32. The molecule has 1 rings (SSSR count). The average Bonchev–Trinajstić information content (AvgIpc) is 2.36. The molecule has 1 saturated heterocycles. The number of amides is 2. The van der Waals surface area contributed by atoms with Gasteiger partial charge in [0.25, 0.3) is 11.8 Å². The van der Waals surface area contributed by atoms with Crippen molar-refractivity contribution >= 4 is 33.7 Å². The number of rotatable bonds is 3. The van der Waals surface area contributed by atoms with Crippen molar-refractivity contribution in [3.05, 3.63) is 0 Å². The van der Waals surface area contributed by atoms with E-state index in [-0.39, 0.29) is 19.3 Å². The molecule has 1 heterocycles. The Morgan fingerprint density at radius 1 is 1.38 bits per heavy atom. The highest BCUT2D eigenvalue weighted by molar-refractivity contribution is 9.09. The van der Waals surface area contributed by atoms with Crippen LogP contribution in [0.3, 0.4) is 0 Å². The van der Waals surface area contributed by atoms with Crippen molar-refractivity contribution in [3.8, 4) is 0 Å². The molecule has 0 bridgehead atoms. The zero-order valence-corrected chi connectivity index (χ0v) is 8.37. The molecule has 2 amide bonds. The number of alkyl halides is 1. The topological polar surface area (TPSA) is 63.7 Å². The fraction of sp³-hybridized carbons (Fsp3) is 0.571. The lowest BCUT2D eigenvalue weighted by Gasteiger charge is -2.11. The molecular weight excluding hydrogens is 242 g/mol. The van der Waals surface area contributed by atoms with Crippen molar-refractivity contribution in [2.45, 2.75) is 19.3 Å². The van der Waals surface area contributed by atoms with Crippen LogP contribution in [0.5, 0.6) is 0 Å². The van der Waals surface area contributed by atoms with E-state index in [1.54, 1.807) is 0 Å². The zero-order valence-electron chi connectivity index (χ0n) is 6.79. The molecule has 72 valence electrons. The highest BCUT2D eigenvalue weighted by Crippen LogP contribution is 2.12. The van der Waals surface area contributed by atoms with Gasteiger partial charge in [0.2, 0.25) is 0 Å². The van der Waals surface area contributed by atoms with Gasteiger partial charge in [-0.15, -0.1) is 5.06 Å². The van der Waals surface area contributed by atoms with Gasteiger partial charge in [-0.3, -0.25) is 9.59 Å². The molecule has 0 aromatic carbocycles. The monoisotopic (exact) mass is 249 g/mol. The average molecular weight is 250 g/mol. The summed E-state index contributed by atoms with van der Waals surface area (Å²) in [6, 6.07) is 0. The van der Waals surface area contributed by atoms with Crippen LogP contribution in [-0.2, 0) is 19.2 Å². The minimum atomic E-state index is -0.583. The summed E-state index contributed by atoms with van der Waals surface area (Å²) in [7, 11) is 0. The maximum atomic E-state index is 10.9. The first-order valence-corrected chi connectivity index (χ1v) is 4.90. The van der Waals surface area contributed by atoms with Crippen LogP contribution in [0, 0.1) is 0 Å². The first-order chi connectivity index (χ1) is 6.15. The number of hydrogen-bond donors (Lipinski definition) is 0. The van der Waals surface area contributed by atoms with Crippen LogP contribution < -0.4 is 0 Å². The molecule has 0 unspecified atom stereocenters. The van der Waals surface area contributed by atoms with E-state index in [4.69, 9.17) is 0 Å². The molecule has 0 aromatic rings. The van der Waals surface area contributed by atoms with Gasteiger partial charge >= 0.3 is 5.97 Å². The normalized spacial score (nSPS) is 16.5. The Hall–Kier alpha value is -0.910. The summed E-state index contributed by atoms with van der Waals surface area (Å²) in [4.78, 5) is 37.3. The van der Waals surface area contributed by atoms with Gasteiger partial charge in [0.05, 0.1) is 6.42 Å². The maximum absolute atomic E-state index is 10.9. The molecule has 5 nitrogen and oxygen atoms in total. The predicted octanol–water partition coefficient (Wildman–Crippen LogP) is 0.379. The SMILES string of the molecule is O=C(CCBr)ON1C(=O)CCC1=O. The molecule has 0 atom stereocenters. The van der Waals surface area contributed by atoms with E-state index in [9.17, 15) is 14.4 Å². The van der Waals surface area contributed by atoms with Gasteiger partial charge in [-0.1, -0.05) is 15.9 Å². The molecule has 13 heavy (non-hydrogen) atoms. The Bertz CT molecular complexity index is 237. The Morgan fingerprint density at radius 3 is 2.38 bits per heavy atom. The third-order valence-electron chi connectivity index (χ3n) is 1.50. The summed E-state index contributed by atoms with van der Waals surface area (Å²) in [5.74, 6) is -1.48. The van der Waals surface area contributed by atoms with E-state index in [1.807, 2.05) is 0 Å². The first kappa shape index (κ1) is 10.2. The Labute approximate surface area is 83.1 Å². The predicted molar refractivity (Wildman–Crippen MR) is 45.6 cm³/mol. The van der Waals surface area contributed by atoms with Gasteiger partial charge in [0.1, 0.15) is 0 Å².